The molecule has 27 heavy (non-hydrogen) atoms. The zero-order valence-corrected chi connectivity index (χ0v) is 15.6. The van der Waals surface area contributed by atoms with Crippen molar-refractivity contribution in [3.8, 4) is 0 Å². The summed E-state index contributed by atoms with van der Waals surface area (Å²) in [5, 5.41) is 0. The SMILES string of the molecule is CC1(C)OB(c2cc(N3C(=O)c4ccccc4C3=O)ccc2F)OC1(C)C. The van der Waals surface area contributed by atoms with Gasteiger partial charge in [-0.3, -0.25) is 9.59 Å². The van der Waals surface area contributed by atoms with Crippen LogP contribution in [0.1, 0.15) is 48.4 Å². The number of hydrogen-bond donors (Lipinski definition) is 0. The highest BCUT2D eigenvalue weighted by Gasteiger charge is 2.52. The fourth-order valence-electron chi connectivity index (χ4n) is 3.24. The highest BCUT2D eigenvalue weighted by Crippen LogP contribution is 2.37. The molecule has 2 aromatic carbocycles. The van der Waals surface area contributed by atoms with E-state index in [0.717, 1.165) is 4.90 Å². The highest BCUT2D eigenvalue weighted by molar-refractivity contribution is 6.62. The van der Waals surface area contributed by atoms with Crippen molar-refractivity contribution in [2.45, 2.75) is 38.9 Å². The minimum Gasteiger partial charge on any atom is -0.399 e. The number of amides is 2. The summed E-state index contributed by atoms with van der Waals surface area (Å²) in [6, 6.07) is 10.7. The fraction of sp³-hybridized carbons (Fsp3) is 0.300. The average Bonchev–Trinajstić information content (AvgIpc) is 2.98. The first-order chi connectivity index (χ1) is 12.6. The van der Waals surface area contributed by atoms with Crippen LogP contribution in [0.3, 0.4) is 0 Å². The van der Waals surface area contributed by atoms with Gasteiger partial charge in [-0.15, -0.1) is 0 Å². The van der Waals surface area contributed by atoms with Gasteiger partial charge in [-0.25, -0.2) is 9.29 Å². The molecule has 0 aliphatic carbocycles. The van der Waals surface area contributed by atoms with Gasteiger partial charge in [-0.05, 0) is 58.0 Å². The van der Waals surface area contributed by atoms with Gasteiger partial charge >= 0.3 is 7.12 Å². The zero-order valence-electron chi connectivity index (χ0n) is 15.6. The topological polar surface area (TPSA) is 55.8 Å². The largest absolute Gasteiger partial charge is 0.497 e. The zero-order chi connectivity index (χ0) is 19.6. The van der Waals surface area contributed by atoms with Crippen LogP contribution in [0.5, 0.6) is 0 Å². The minimum atomic E-state index is -0.926. The quantitative estimate of drug-likeness (QED) is 0.605. The van der Waals surface area contributed by atoms with Gasteiger partial charge in [0, 0.05) is 5.46 Å². The van der Waals surface area contributed by atoms with E-state index in [1.165, 1.54) is 18.2 Å². The summed E-state index contributed by atoms with van der Waals surface area (Å²) in [6.45, 7) is 7.50. The normalized spacial score (nSPS) is 20.3. The molecule has 2 amide bonds. The number of rotatable bonds is 2. The molecule has 2 aromatic rings. The number of carbonyl (C=O) groups is 2. The molecular formula is C20H19BFNO4. The van der Waals surface area contributed by atoms with E-state index in [-0.39, 0.29) is 11.2 Å². The molecule has 0 spiro atoms. The van der Waals surface area contributed by atoms with Gasteiger partial charge in [0.2, 0.25) is 0 Å². The van der Waals surface area contributed by atoms with Crippen LogP contribution in [0.25, 0.3) is 0 Å². The molecule has 1 fully saturated rings. The molecule has 5 nitrogen and oxygen atoms in total. The van der Waals surface area contributed by atoms with Crippen molar-refractivity contribution in [2.75, 3.05) is 4.90 Å². The van der Waals surface area contributed by atoms with E-state index in [1.54, 1.807) is 24.3 Å². The van der Waals surface area contributed by atoms with Gasteiger partial charge in [0.1, 0.15) is 5.82 Å². The maximum Gasteiger partial charge on any atom is 0.497 e. The number of nitrogens with zero attached hydrogens (tertiary/aromatic N) is 1. The van der Waals surface area contributed by atoms with Crippen LogP contribution in [-0.2, 0) is 9.31 Å². The van der Waals surface area contributed by atoms with E-state index in [0.29, 0.717) is 11.1 Å². The average molecular weight is 367 g/mol. The van der Waals surface area contributed by atoms with E-state index >= 15 is 0 Å². The lowest BCUT2D eigenvalue weighted by Crippen LogP contribution is -2.41. The van der Waals surface area contributed by atoms with Crippen molar-refractivity contribution in [3.63, 3.8) is 0 Å². The summed E-state index contributed by atoms with van der Waals surface area (Å²) >= 11 is 0. The maximum absolute atomic E-state index is 14.5. The second-order valence-electron chi connectivity index (χ2n) is 7.79. The molecule has 1 saturated heterocycles. The van der Waals surface area contributed by atoms with Crippen LogP contribution < -0.4 is 10.4 Å². The second kappa shape index (κ2) is 5.74. The van der Waals surface area contributed by atoms with Crippen molar-refractivity contribution in [2.24, 2.45) is 0 Å². The van der Waals surface area contributed by atoms with E-state index in [1.807, 2.05) is 27.7 Å². The summed E-state index contributed by atoms with van der Waals surface area (Å²) < 4.78 is 26.3. The van der Waals surface area contributed by atoms with Gasteiger partial charge in [0.15, 0.2) is 0 Å². The number of benzene rings is 2. The third-order valence-corrected chi connectivity index (χ3v) is 5.54. The molecule has 7 heteroatoms. The predicted molar refractivity (Wildman–Crippen MR) is 99.7 cm³/mol. The van der Waals surface area contributed by atoms with Gasteiger partial charge in [0.25, 0.3) is 11.8 Å². The van der Waals surface area contributed by atoms with Gasteiger partial charge < -0.3 is 9.31 Å². The predicted octanol–water partition coefficient (Wildman–Crippen LogP) is 2.93. The monoisotopic (exact) mass is 367 g/mol. The third kappa shape index (κ3) is 2.61. The van der Waals surface area contributed by atoms with Crippen molar-refractivity contribution in [1.29, 1.82) is 0 Å². The number of imide groups is 1. The van der Waals surface area contributed by atoms with Gasteiger partial charge in [-0.1, -0.05) is 12.1 Å². The Bertz CT molecular complexity index is 921. The summed E-state index contributed by atoms with van der Waals surface area (Å²) in [6.07, 6.45) is 0. The van der Waals surface area contributed by atoms with E-state index in [2.05, 4.69) is 0 Å². The van der Waals surface area contributed by atoms with E-state index < -0.39 is 36.0 Å². The standard InChI is InChI=1S/C20H19BFNO4/c1-19(2)20(3,4)27-21(26-19)15-11-12(9-10-16(15)22)23-17(24)13-7-5-6-8-14(13)18(23)25/h5-11H,1-4H3. The van der Waals surface area contributed by atoms with Crippen LogP contribution in [0, 0.1) is 5.82 Å². The Kier molecular flexibility index (Phi) is 3.81. The summed E-state index contributed by atoms with van der Waals surface area (Å²) in [7, 11) is -0.926. The summed E-state index contributed by atoms with van der Waals surface area (Å²) in [5.74, 6) is -1.38. The van der Waals surface area contributed by atoms with Crippen LogP contribution >= 0.6 is 0 Å². The van der Waals surface area contributed by atoms with E-state index in [9.17, 15) is 14.0 Å². The Morgan fingerprint density at radius 3 is 1.93 bits per heavy atom. The smallest absolute Gasteiger partial charge is 0.399 e. The highest BCUT2D eigenvalue weighted by atomic mass is 19.1. The number of anilines is 1. The molecule has 0 aromatic heterocycles. The second-order valence-corrected chi connectivity index (χ2v) is 7.79. The van der Waals surface area contributed by atoms with Crippen LogP contribution in [0.4, 0.5) is 10.1 Å². The molecular weight excluding hydrogens is 348 g/mol. The first kappa shape index (κ1) is 17.9. The third-order valence-electron chi connectivity index (χ3n) is 5.54. The molecule has 4 rings (SSSR count). The molecule has 2 aliphatic heterocycles. The number of carbonyl (C=O) groups excluding carboxylic acids is 2. The molecule has 0 atom stereocenters. The number of halogens is 1. The molecule has 0 unspecified atom stereocenters. The van der Waals surface area contributed by atoms with Crippen molar-refractivity contribution >= 4 is 30.1 Å². The van der Waals surface area contributed by atoms with Crippen molar-refractivity contribution in [1.82, 2.24) is 0 Å². The fourth-order valence-corrected chi connectivity index (χ4v) is 3.24. The molecule has 0 saturated carbocycles. The number of fused-ring (bicyclic) bond motifs is 1. The Morgan fingerprint density at radius 1 is 0.889 bits per heavy atom. The van der Waals surface area contributed by atoms with E-state index in [4.69, 9.17) is 9.31 Å². The van der Waals surface area contributed by atoms with Crippen molar-refractivity contribution in [3.05, 3.63) is 59.4 Å². The molecule has 2 aliphatic rings. The Morgan fingerprint density at radius 2 is 1.41 bits per heavy atom. The van der Waals surface area contributed by atoms with Gasteiger partial charge in [-0.2, -0.15) is 0 Å². The first-order valence-corrected chi connectivity index (χ1v) is 8.75. The molecule has 2 heterocycles. The van der Waals surface area contributed by atoms with Crippen LogP contribution in [-0.4, -0.2) is 30.1 Å². The Hall–Kier alpha value is -2.51. The van der Waals surface area contributed by atoms with Gasteiger partial charge in [0.05, 0.1) is 28.0 Å². The lowest BCUT2D eigenvalue weighted by atomic mass is 9.78. The van der Waals surface area contributed by atoms with Crippen LogP contribution in [0.2, 0.25) is 0 Å². The van der Waals surface area contributed by atoms with Crippen molar-refractivity contribution < 1.29 is 23.3 Å². The lowest BCUT2D eigenvalue weighted by molar-refractivity contribution is 0.00578. The minimum absolute atomic E-state index is 0.155. The maximum atomic E-state index is 14.5. The summed E-state index contributed by atoms with van der Waals surface area (Å²) in [4.78, 5) is 26.4. The first-order valence-electron chi connectivity index (χ1n) is 8.75. The molecule has 0 bridgehead atoms. The Balaban J connectivity index is 1.73. The number of hydrogen-bond acceptors (Lipinski definition) is 4. The van der Waals surface area contributed by atoms with Crippen LogP contribution in [0.15, 0.2) is 42.5 Å². The lowest BCUT2D eigenvalue weighted by Gasteiger charge is -2.32. The molecule has 138 valence electrons. The molecule has 0 N–H and O–H groups in total. The Labute approximate surface area is 157 Å². The summed E-state index contributed by atoms with van der Waals surface area (Å²) in [5.41, 5.74) is -0.145. The molecule has 0 radical (unpaired) electrons.